The first-order valence-electron chi connectivity index (χ1n) is 11.7. The molecule has 2 aromatic carbocycles. The average Bonchev–Trinajstić information content (AvgIpc) is 3.18. The highest BCUT2D eigenvalue weighted by molar-refractivity contribution is 5.89. The molecule has 2 atom stereocenters. The van der Waals surface area contributed by atoms with Gasteiger partial charge in [0.2, 0.25) is 5.91 Å². The quantitative estimate of drug-likeness (QED) is 0.595. The minimum absolute atomic E-state index is 0.0770. The SMILES string of the molecule is CN(C)CCC(NC(=O)OCC1c2ccccc2-c2ccccc21)C(=O)N1CCOCC1C(=O)O. The highest BCUT2D eigenvalue weighted by Crippen LogP contribution is 2.44. The maximum atomic E-state index is 13.3. The van der Waals surface area contributed by atoms with Crippen LogP contribution in [0.4, 0.5) is 4.79 Å². The van der Waals surface area contributed by atoms with Crippen LogP contribution in [0.3, 0.4) is 0 Å². The van der Waals surface area contributed by atoms with Gasteiger partial charge in [0.05, 0.1) is 13.2 Å². The van der Waals surface area contributed by atoms with Crippen LogP contribution in [0.15, 0.2) is 48.5 Å². The van der Waals surface area contributed by atoms with Crippen LogP contribution in [0, 0.1) is 0 Å². The lowest BCUT2D eigenvalue weighted by Gasteiger charge is -2.35. The molecule has 1 saturated heterocycles. The molecule has 2 aliphatic rings. The molecule has 2 unspecified atom stereocenters. The predicted octanol–water partition coefficient (Wildman–Crippen LogP) is 2.16. The van der Waals surface area contributed by atoms with E-state index in [1.165, 1.54) is 4.90 Å². The van der Waals surface area contributed by atoms with Crippen LogP contribution in [0.25, 0.3) is 11.1 Å². The number of benzene rings is 2. The zero-order valence-corrected chi connectivity index (χ0v) is 20.0. The van der Waals surface area contributed by atoms with Crippen molar-refractivity contribution in [3.63, 3.8) is 0 Å². The van der Waals surface area contributed by atoms with Crippen LogP contribution >= 0.6 is 0 Å². The Kier molecular flexibility index (Phi) is 7.67. The highest BCUT2D eigenvalue weighted by atomic mass is 16.5. The van der Waals surface area contributed by atoms with E-state index >= 15 is 0 Å². The standard InChI is InChI=1S/C26H31N3O6/c1-28(2)12-11-22(24(30)29-13-14-34-16-23(29)25(31)32)27-26(33)35-15-21-19-9-5-3-7-17(19)18-8-4-6-10-20(18)21/h3-10,21-23H,11-16H2,1-2H3,(H,27,33)(H,31,32). The summed E-state index contributed by atoms with van der Waals surface area (Å²) in [4.78, 5) is 40.9. The van der Waals surface area contributed by atoms with Gasteiger partial charge in [0.25, 0.3) is 0 Å². The Hall–Kier alpha value is -3.43. The van der Waals surface area contributed by atoms with E-state index in [9.17, 15) is 19.5 Å². The lowest BCUT2D eigenvalue weighted by atomic mass is 9.98. The maximum absolute atomic E-state index is 13.3. The number of hydrogen-bond acceptors (Lipinski definition) is 6. The number of aliphatic carboxylic acids is 1. The van der Waals surface area contributed by atoms with Gasteiger partial charge in [-0.3, -0.25) is 4.79 Å². The van der Waals surface area contributed by atoms with Crippen molar-refractivity contribution in [2.24, 2.45) is 0 Å². The molecule has 2 N–H and O–H groups in total. The molecule has 1 aliphatic heterocycles. The van der Waals surface area contributed by atoms with Crippen molar-refractivity contribution < 1.29 is 29.0 Å². The minimum atomic E-state index is -1.13. The number of ether oxygens (including phenoxy) is 2. The molecule has 4 rings (SSSR count). The van der Waals surface area contributed by atoms with Crippen LogP contribution in [0.2, 0.25) is 0 Å². The highest BCUT2D eigenvalue weighted by Gasteiger charge is 2.37. The lowest BCUT2D eigenvalue weighted by Crippen LogP contribution is -2.58. The summed E-state index contributed by atoms with van der Waals surface area (Å²) in [6.45, 7) is 0.986. The number of fused-ring (bicyclic) bond motifs is 3. The molecule has 1 fully saturated rings. The van der Waals surface area contributed by atoms with Gasteiger partial charge in [-0.05, 0) is 49.3 Å². The van der Waals surface area contributed by atoms with Gasteiger partial charge in [-0.1, -0.05) is 48.5 Å². The Morgan fingerprint density at radius 3 is 2.34 bits per heavy atom. The molecule has 0 aromatic heterocycles. The molecule has 35 heavy (non-hydrogen) atoms. The molecule has 0 spiro atoms. The lowest BCUT2D eigenvalue weighted by molar-refractivity contribution is -0.159. The van der Waals surface area contributed by atoms with E-state index in [0.717, 1.165) is 22.3 Å². The Labute approximate surface area is 204 Å². The summed E-state index contributed by atoms with van der Waals surface area (Å²) in [5.74, 6) is -1.68. The average molecular weight is 482 g/mol. The third-order valence-electron chi connectivity index (χ3n) is 6.50. The number of hydrogen-bond donors (Lipinski definition) is 2. The molecule has 9 heteroatoms. The summed E-state index contributed by atoms with van der Waals surface area (Å²) in [6, 6.07) is 14.1. The molecule has 0 bridgehead atoms. The van der Waals surface area contributed by atoms with Crippen molar-refractivity contribution in [2.45, 2.75) is 24.4 Å². The monoisotopic (exact) mass is 481 g/mol. The fraction of sp³-hybridized carbons (Fsp3) is 0.423. The van der Waals surface area contributed by atoms with E-state index in [2.05, 4.69) is 17.4 Å². The number of carbonyl (C=O) groups is 3. The first-order valence-corrected chi connectivity index (χ1v) is 11.7. The molecular formula is C26H31N3O6. The van der Waals surface area contributed by atoms with Gasteiger partial charge in [0.1, 0.15) is 12.6 Å². The summed E-state index contributed by atoms with van der Waals surface area (Å²) in [7, 11) is 3.73. The Morgan fingerprint density at radius 2 is 1.74 bits per heavy atom. The van der Waals surface area contributed by atoms with Crippen molar-refractivity contribution in [1.29, 1.82) is 0 Å². The van der Waals surface area contributed by atoms with Gasteiger partial charge in [-0.25, -0.2) is 9.59 Å². The molecule has 1 aliphatic carbocycles. The van der Waals surface area contributed by atoms with Crippen LogP contribution in [-0.4, -0.2) is 92.0 Å². The topological polar surface area (TPSA) is 108 Å². The zero-order valence-electron chi connectivity index (χ0n) is 20.0. The second kappa shape index (κ2) is 10.9. The van der Waals surface area contributed by atoms with E-state index in [1.807, 2.05) is 55.4 Å². The number of amides is 2. The van der Waals surface area contributed by atoms with E-state index in [-0.39, 0.29) is 32.3 Å². The van der Waals surface area contributed by atoms with Gasteiger partial charge in [0.15, 0.2) is 6.04 Å². The Morgan fingerprint density at radius 1 is 1.11 bits per heavy atom. The number of rotatable bonds is 8. The van der Waals surface area contributed by atoms with Crippen molar-refractivity contribution in [3.8, 4) is 11.1 Å². The first-order chi connectivity index (χ1) is 16.9. The normalized spacial score (nSPS) is 18.0. The second-order valence-corrected chi connectivity index (χ2v) is 9.08. The summed E-state index contributed by atoms with van der Waals surface area (Å²) in [5.41, 5.74) is 4.45. The first kappa shape index (κ1) is 24.7. The van der Waals surface area contributed by atoms with Crippen molar-refractivity contribution in [2.75, 3.05) is 47.0 Å². The third-order valence-corrected chi connectivity index (χ3v) is 6.50. The Balaban J connectivity index is 1.45. The van der Waals surface area contributed by atoms with E-state index in [4.69, 9.17) is 9.47 Å². The smallest absolute Gasteiger partial charge is 0.407 e. The summed E-state index contributed by atoms with van der Waals surface area (Å²) < 4.78 is 10.9. The second-order valence-electron chi connectivity index (χ2n) is 9.08. The van der Waals surface area contributed by atoms with Crippen LogP contribution in [-0.2, 0) is 19.1 Å². The van der Waals surface area contributed by atoms with E-state index in [1.54, 1.807) is 0 Å². The number of carboxylic acid groups (broad SMARTS) is 1. The summed E-state index contributed by atoms with van der Waals surface area (Å²) in [6.07, 6.45) is -0.385. The van der Waals surface area contributed by atoms with Crippen molar-refractivity contribution >= 4 is 18.0 Å². The predicted molar refractivity (Wildman–Crippen MR) is 129 cm³/mol. The Bertz CT molecular complexity index is 1040. The zero-order chi connectivity index (χ0) is 24.9. The molecule has 2 aromatic rings. The largest absolute Gasteiger partial charge is 0.480 e. The number of nitrogens with one attached hydrogen (secondary N) is 1. The van der Waals surface area contributed by atoms with Crippen LogP contribution < -0.4 is 5.32 Å². The fourth-order valence-corrected chi connectivity index (χ4v) is 4.70. The maximum Gasteiger partial charge on any atom is 0.407 e. The van der Waals surface area contributed by atoms with Crippen molar-refractivity contribution in [3.05, 3.63) is 59.7 Å². The molecule has 0 saturated carbocycles. The summed E-state index contributed by atoms with van der Waals surface area (Å²) in [5, 5.41) is 12.2. The third kappa shape index (κ3) is 5.47. The van der Waals surface area contributed by atoms with Gasteiger partial charge in [-0.15, -0.1) is 0 Å². The number of alkyl carbamates (subject to hydrolysis) is 1. The van der Waals surface area contributed by atoms with Gasteiger partial charge < -0.3 is 29.7 Å². The number of nitrogens with zero attached hydrogens (tertiary/aromatic N) is 2. The number of carbonyl (C=O) groups excluding carboxylic acids is 2. The van der Waals surface area contributed by atoms with Crippen molar-refractivity contribution in [1.82, 2.24) is 15.1 Å². The van der Waals surface area contributed by atoms with Crippen LogP contribution in [0.5, 0.6) is 0 Å². The van der Waals surface area contributed by atoms with E-state index < -0.39 is 30.1 Å². The number of morpholine rings is 1. The van der Waals surface area contributed by atoms with Gasteiger partial charge >= 0.3 is 12.1 Å². The minimum Gasteiger partial charge on any atom is -0.480 e. The van der Waals surface area contributed by atoms with Crippen LogP contribution in [0.1, 0.15) is 23.5 Å². The van der Waals surface area contributed by atoms with Gasteiger partial charge in [0, 0.05) is 12.5 Å². The molecule has 2 amide bonds. The summed E-state index contributed by atoms with van der Waals surface area (Å²) >= 11 is 0. The van der Waals surface area contributed by atoms with E-state index in [0.29, 0.717) is 13.0 Å². The molecule has 1 heterocycles. The molecule has 0 radical (unpaired) electrons. The molecule has 9 nitrogen and oxygen atoms in total. The molecule has 186 valence electrons. The number of carboxylic acids is 1. The molecular weight excluding hydrogens is 450 g/mol. The fourth-order valence-electron chi connectivity index (χ4n) is 4.70. The van der Waals surface area contributed by atoms with Gasteiger partial charge in [-0.2, -0.15) is 0 Å².